The number of fused-ring (bicyclic) bond motifs is 1. The fourth-order valence-corrected chi connectivity index (χ4v) is 2.45. The number of non-ortho nitro benzene ring substituents is 1. The van der Waals surface area contributed by atoms with Crippen molar-refractivity contribution < 1.29 is 9.72 Å². The molecule has 1 aliphatic heterocycles. The molecule has 0 bridgehead atoms. The first-order chi connectivity index (χ1) is 9.52. The van der Waals surface area contributed by atoms with Crippen molar-refractivity contribution in [3.05, 3.63) is 33.9 Å². The molecule has 1 aromatic carbocycles. The Morgan fingerprint density at radius 3 is 2.90 bits per heavy atom. The number of hydrogen-bond acceptors (Lipinski definition) is 4. The summed E-state index contributed by atoms with van der Waals surface area (Å²) >= 11 is 0. The van der Waals surface area contributed by atoms with Gasteiger partial charge in [0.1, 0.15) is 0 Å². The molecule has 6 heteroatoms. The predicted molar refractivity (Wildman–Crippen MR) is 76.9 cm³/mol. The largest absolute Gasteiger partial charge is 0.317 e. The predicted octanol–water partition coefficient (Wildman–Crippen LogP) is 1.73. The number of amides is 1. The normalized spacial score (nSPS) is 15.3. The smallest absolute Gasteiger partial charge is 0.269 e. The number of hydrogen-bond donors (Lipinski definition) is 1. The molecule has 2 rings (SSSR count). The number of nitrogens with zero attached hydrogens (tertiary/aromatic N) is 2. The van der Waals surface area contributed by atoms with Gasteiger partial charge in [0, 0.05) is 24.4 Å². The third kappa shape index (κ3) is 2.96. The molecule has 0 aliphatic carbocycles. The van der Waals surface area contributed by atoms with E-state index >= 15 is 0 Å². The number of benzene rings is 1. The molecule has 1 atom stereocenters. The maximum atomic E-state index is 12.1. The monoisotopic (exact) mass is 277 g/mol. The zero-order chi connectivity index (χ0) is 14.7. The molecular formula is C14H19N3O3. The van der Waals surface area contributed by atoms with E-state index in [0.717, 1.165) is 24.3 Å². The van der Waals surface area contributed by atoms with E-state index in [1.807, 2.05) is 6.92 Å². The first-order valence-corrected chi connectivity index (χ1v) is 6.81. The van der Waals surface area contributed by atoms with Crippen molar-refractivity contribution in [2.75, 3.05) is 24.5 Å². The van der Waals surface area contributed by atoms with Crippen molar-refractivity contribution in [1.82, 2.24) is 5.32 Å². The highest BCUT2D eigenvalue weighted by Gasteiger charge is 2.29. The Kier molecular flexibility index (Phi) is 4.34. The summed E-state index contributed by atoms with van der Waals surface area (Å²) in [7, 11) is 0. The van der Waals surface area contributed by atoms with Gasteiger partial charge in [-0.05, 0) is 30.6 Å². The van der Waals surface area contributed by atoms with Gasteiger partial charge in [-0.25, -0.2) is 0 Å². The molecule has 0 saturated heterocycles. The standard InChI is InChI=1S/C14H19N3O3/c1-3-15-8-10(2)9-16-13-5-4-12(17(19)20)6-11(13)7-14(16)18/h4-6,10,15H,3,7-9H2,1-2H3. The molecule has 0 spiro atoms. The van der Waals surface area contributed by atoms with Crippen LogP contribution in [0.3, 0.4) is 0 Å². The topological polar surface area (TPSA) is 75.5 Å². The number of nitro groups is 1. The van der Waals surface area contributed by atoms with Crippen molar-refractivity contribution in [3.8, 4) is 0 Å². The van der Waals surface area contributed by atoms with Crippen LogP contribution in [-0.2, 0) is 11.2 Å². The molecule has 0 aromatic heterocycles. The Hall–Kier alpha value is -1.95. The lowest BCUT2D eigenvalue weighted by Gasteiger charge is -2.22. The van der Waals surface area contributed by atoms with Crippen LogP contribution >= 0.6 is 0 Å². The van der Waals surface area contributed by atoms with Crippen LogP contribution in [0.2, 0.25) is 0 Å². The molecule has 0 radical (unpaired) electrons. The van der Waals surface area contributed by atoms with Crippen molar-refractivity contribution >= 4 is 17.3 Å². The number of anilines is 1. The lowest BCUT2D eigenvalue weighted by atomic mass is 10.1. The molecule has 6 nitrogen and oxygen atoms in total. The van der Waals surface area contributed by atoms with Crippen molar-refractivity contribution in [2.45, 2.75) is 20.3 Å². The first kappa shape index (κ1) is 14.5. The van der Waals surface area contributed by atoms with Gasteiger partial charge in [0.25, 0.3) is 5.69 Å². The van der Waals surface area contributed by atoms with E-state index in [1.165, 1.54) is 12.1 Å². The Morgan fingerprint density at radius 1 is 1.50 bits per heavy atom. The lowest BCUT2D eigenvalue weighted by Crippen LogP contribution is -2.35. The second-order valence-corrected chi connectivity index (χ2v) is 5.16. The third-order valence-corrected chi connectivity index (χ3v) is 3.44. The maximum absolute atomic E-state index is 12.1. The summed E-state index contributed by atoms with van der Waals surface area (Å²) in [6.45, 7) is 6.52. The van der Waals surface area contributed by atoms with E-state index in [1.54, 1.807) is 11.0 Å². The fraction of sp³-hybridized carbons (Fsp3) is 0.500. The van der Waals surface area contributed by atoms with E-state index in [9.17, 15) is 14.9 Å². The Morgan fingerprint density at radius 2 is 2.25 bits per heavy atom. The molecule has 1 N–H and O–H groups in total. The number of carbonyl (C=O) groups is 1. The second kappa shape index (κ2) is 6.00. The summed E-state index contributed by atoms with van der Waals surface area (Å²) in [6, 6.07) is 4.64. The summed E-state index contributed by atoms with van der Waals surface area (Å²) < 4.78 is 0. The van der Waals surface area contributed by atoms with E-state index in [-0.39, 0.29) is 18.0 Å². The van der Waals surface area contributed by atoms with Gasteiger partial charge in [0.2, 0.25) is 5.91 Å². The Balaban J connectivity index is 2.14. The summed E-state index contributed by atoms with van der Waals surface area (Å²) in [4.78, 5) is 24.1. The fourth-order valence-electron chi connectivity index (χ4n) is 2.45. The van der Waals surface area contributed by atoms with Crippen LogP contribution in [0.4, 0.5) is 11.4 Å². The van der Waals surface area contributed by atoms with Gasteiger partial charge in [-0.3, -0.25) is 14.9 Å². The minimum atomic E-state index is -0.429. The van der Waals surface area contributed by atoms with Crippen LogP contribution < -0.4 is 10.2 Å². The zero-order valence-corrected chi connectivity index (χ0v) is 11.8. The molecular weight excluding hydrogens is 258 g/mol. The molecule has 1 heterocycles. The SMILES string of the molecule is CCNCC(C)CN1C(=O)Cc2cc([N+](=O)[O-])ccc21. The van der Waals surface area contributed by atoms with Crippen LogP contribution in [0, 0.1) is 16.0 Å². The van der Waals surface area contributed by atoms with E-state index in [0.29, 0.717) is 12.5 Å². The van der Waals surface area contributed by atoms with Crippen LogP contribution in [0.5, 0.6) is 0 Å². The van der Waals surface area contributed by atoms with Gasteiger partial charge in [-0.2, -0.15) is 0 Å². The van der Waals surface area contributed by atoms with Gasteiger partial charge in [0.15, 0.2) is 0 Å². The minimum absolute atomic E-state index is 0.0175. The molecule has 1 unspecified atom stereocenters. The summed E-state index contributed by atoms with van der Waals surface area (Å²) in [5, 5.41) is 14.0. The number of rotatable bonds is 6. The highest BCUT2D eigenvalue weighted by atomic mass is 16.6. The van der Waals surface area contributed by atoms with Gasteiger partial charge in [-0.15, -0.1) is 0 Å². The highest BCUT2D eigenvalue weighted by Crippen LogP contribution is 2.32. The Bertz CT molecular complexity index is 530. The lowest BCUT2D eigenvalue weighted by molar-refractivity contribution is -0.384. The van der Waals surface area contributed by atoms with E-state index in [4.69, 9.17) is 0 Å². The molecule has 0 fully saturated rings. The van der Waals surface area contributed by atoms with E-state index in [2.05, 4.69) is 12.2 Å². The molecule has 20 heavy (non-hydrogen) atoms. The van der Waals surface area contributed by atoms with Gasteiger partial charge < -0.3 is 10.2 Å². The van der Waals surface area contributed by atoms with E-state index < -0.39 is 4.92 Å². The zero-order valence-electron chi connectivity index (χ0n) is 11.8. The second-order valence-electron chi connectivity index (χ2n) is 5.16. The molecule has 0 saturated carbocycles. The molecule has 108 valence electrons. The summed E-state index contributed by atoms with van der Waals surface area (Å²) in [5.41, 5.74) is 1.60. The van der Waals surface area contributed by atoms with Crippen molar-refractivity contribution in [1.29, 1.82) is 0 Å². The Labute approximate surface area is 117 Å². The van der Waals surface area contributed by atoms with Gasteiger partial charge in [-0.1, -0.05) is 13.8 Å². The van der Waals surface area contributed by atoms with Gasteiger partial charge in [0.05, 0.1) is 11.3 Å². The average molecular weight is 277 g/mol. The van der Waals surface area contributed by atoms with Crippen LogP contribution in [0.25, 0.3) is 0 Å². The summed E-state index contributed by atoms with van der Waals surface area (Å²) in [5.74, 6) is 0.351. The third-order valence-electron chi connectivity index (χ3n) is 3.44. The quantitative estimate of drug-likeness (QED) is 0.634. The minimum Gasteiger partial charge on any atom is -0.317 e. The average Bonchev–Trinajstić information content (AvgIpc) is 2.72. The number of nitro benzene ring substituents is 1. The first-order valence-electron chi connectivity index (χ1n) is 6.81. The van der Waals surface area contributed by atoms with Gasteiger partial charge >= 0.3 is 0 Å². The van der Waals surface area contributed by atoms with Crippen molar-refractivity contribution in [2.24, 2.45) is 5.92 Å². The highest BCUT2D eigenvalue weighted by molar-refractivity contribution is 6.01. The summed E-state index contributed by atoms with van der Waals surface area (Å²) in [6.07, 6.45) is 0.255. The number of nitrogens with one attached hydrogen (secondary N) is 1. The molecule has 1 aromatic rings. The maximum Gasteiger partial charge on any atom is 0.269 e. The number of carbonyl (C=O) groups excluding carboxylic acids is 1. The molecule has 1 aliphatic rings. The van der Waals surface area contributed by atoms with Crippen LogP contribution in [0.1, 0.15) is 19.4 Å². The van der Waals surface area contributed by atoms with Crippen LogP contribution in [0.15, 0.2) is 18.2 Å². The van der Waals surface area contributed by atoms with Crippen molar-refractivity contribution in [3.63, 3.8) is 0 Å². The van der Waals surface area contributed by atoms with Crippen LogP contribution in [-0.4, -0.2) is 30.5 Å². The molecule has 1 amide bonds.